The number of thioether (sulfide) groups is 1. The summed E-state index contributed by atoms with van der Waals surface area (Å²) in [4.78, 5) is 60.5. The number of rotatable bonds is 10. The number of amides is 2. The summed E-state index contributed by atoms with van der Waals surface area (Å²) in [6.07, 6.45) is 1.38. The van der Waals surface area contributed by atoms with Crippen LogP contribution in [0.25, 0.3) is 6.08 Å². The number of nitrogens with zero attached hydrogens (tertiary/aromatic N) is 5. The Morgan fingerprint density at radius 2 is 2.00 bits per heavy atom. The number of nitrogens with two attached hydrogens (primary N) is 1. The first kappa shape index (κ1) is 29.0. The van der Waals surface area contributed by atoms with E-state index in [0.717, 1.165) is 29.1 Å². The maximum absolute atomic E-state index is 13.2. The number of hydrogen-bond acceptors (Lipinski definition) is 16. The number of allylic oxidation sites excluding steroid dienone is 1. The highest BCUT2D eigenvalue weighted by molar-refractivity contribution is 8.00. The second-order valence-electron chi connectivity index (χ2n) is 8.29. The molecule has 2 aliphatic heterocycles. The Bertz CT molecular complexity index is 1360. The second kappa shape index (κ2) is 12.9. The minimum Gasteiger partial charge on any atom is -0.431 e. The number of β-lactam (4-membered cyclic amide) rings is 1. The monoisotopic (exact) mass is 609 g/mol. The lowest BCUT2D eigenvalue weighted by Crippen LogP contribution is -2.70. The Morgan fingerprint density at radius 1 is 1.20 bits per heavy atom. The minimum absolute atomic E-state index is 0.0514. The van der Waals surface area contributed by atoms with Crippen molar-refractivity contribution in [2.45, 2.75) is 44.6 Å². The van der Waals surface area contributed by atoms with Crippen LogP contribution in [0, 0.1) is 0 Å². The fraction of sp³-hybridized carbons (Fsp3) is 0.364. The van der Waals surface area contributed by atoms with Crippen LogP contribution >= 0.6 is 34.6 Å². The van der Waals surface area contributed by atoms with Crippen LogP contribution in [0.5, 0.6) is 5.88 Å². The van der Waals surface area contributed by atoms with Crippen LogP contribution < -0.4 is 15.9 Å². The van der Waals surface area contributed by atoms with Gasteiger partial charge in [0.2, 0.25) is 6.29 Å². The molecule has 4 heterocycles. The molecule has 15 nitrogen and oxygen atoms in total. The van der Waals surface area contributed by atoms with Gasteiger partial charge in [-0.05, 0) is 37.0 Å². The van der Waals surface area contributed by atoms with Crippen LogP contribution in [0.4, 0.5) is 9.93 Å². The normalized spacial score (nSPS) is 19.4. The van der Waals surface area contributed by atoms with Gasteiger partial charge in [-0.15, -0.1) is 28.2 Å². The average Bonchev–Trinajstić information content (AvgIpc) is 3.56. The van der Waals surface area contributed by atoms with E-state index in [1.165, 1.54) is 29.0 Å². The molecular weight excluding hydrogens is 586 g/mol. The average molecular weight is 610 g/mol. The van der Waals surface area contributed by atoms with Gasteiger partial charge in [0.25, 0.3) is 17.7 Å². The van der Waals surface area contributed by atoms with Crippen LogP contribution in [-0.2, 0) is 28.6 Å². The number of nitrogens with one attached hydrogen (secondary N) is 1. The molecule has 0 aromatic carbocycles. The van der Waals surface area contributed by atoms with Gasteiger partial charge >= 0.3 is 12.1 Å². The van der Waals surface area contributed by atoms with E-state index in [4.69, 9.17) is 24.8 Å². The topological polar surface area (TPSA) is 198 Å². The summed E-state index contributed by atoms with van der Waals surface area (Å²) in [5.74, 6) is -1.72. The van der Waals surface area contributed by atoms with E-state index in [-0.39, 0.29) is 16.7 Å². The molecule has 40 heavy (non-hydrogen) atoms. The van der Waals surface area contributed by atoms with Crippen molar-refractivity contribution in [1.29, 1.82) is 0 Å². The Kier molecular flexibility index (Phi) is 9.33. The zero-order valence-corrected chi connectivity index (χ0v) is 23.7. The molecule has 18 heteroatoms. The van der Waals surface area contributed by atoms with Crippen molar-refractivity contribution in [3.8, 4) is 5.88 Å². The summed E-state index contributed by atoms with van der Waals surface area (Å²) in [6.45, 7) is 4.62. The predicted molar refractivity (Wildman–Crippen MR) is 145 cm³/mol. The molecule has 4 rings (SSSR count). The summed E-state index contributed by atoms with van der Waals surface area (Å²) in [7, 11) is 0. The molecule has 1 saturated heterocycles. The van der Waals surface area contributed by atoms with Gasteiger partial charge in [0.15, 0.2) is 5.13 Å². The number of oxime groups is 1. The van der Waals surface area contributed by atoms with Gasteiger partial charge in [-0.3, -0.25) is 14.5 Å². The van der Waals surface area contributed by atoms with E-state index in [1.807, 2.05) is 0 Å². The molecule has 3 unspecified atom stereocenters. The van der Waals surface area contributed by atoms with Gasteiger partial charge in [-0.1, -0.05) is 15.7 Å². The van der Waals surface area contributed by atoms with Gasteiger partial charge in [-0.2, -0.15) is 4.98 Å². The van der Waals surface area contributed by atoms with Crippen molar-refractivity contribution in [2.24, 2.45) is 5.16 Å². The fourth-order valence-electron chi connectivity index (χ4n) is 3.41. The predicted octanol–water partition coefficient (Wildman–Crippen LogP) is 1.76. The van der Waals surface area contributed by atoms with E-state index < -0.39 is 47.7 Å². The number of hydrogen-bond donors (Lipinski definition) is 2. The van der Waals surface area contributed by atoms with Gasteiger partial charge in [0, 0.05) is 18.1 Å². The lowest BCUT2D eigenvalue weighted by molar-refractivity contribution is -0.169. The van der Waals surface area contributed by atoms with Crippen LogP contribution in [0.3, 0.4) is 0 Å². The Labute approximate surface area is 239 Å². The first-order chi connectivity index (χ1) is 19.1. The molecule has 2 aromatic heterocycles. The molecule has 3 atom stereocenters. The Balaban J connectivity index is 1.46. The van der Waals surface area contributed by atoms with Crippen LogP contribution in [0.15, 0.2) is 33.3 Å². The standard InChI is InChI=1S/C22H23N7O8S3/c1-10(2)34-22(33)36-11(3)35-20(32)17-12(4-5-13-8-40-28-27-13)7-38-19-16(18(31)29(17)19)25-14(30)6-24-37-15-9-39-21(23)26-15/h4-6,8-11,16,19H,7H2,1-3H3,(H2,23,26)(H,25,30)/b5-4-,24-6-. The lowest BCUT2D eigenvalue weighted by atomic mass is 10.0. The van der Waals surface area contributed by atoms with E-state index in [0.29, 0.717) is 17.0 Å². The van der Waals surface area contributed by atoms with Crippen LogP contribution in [-0.4, -0.2) is 79.2 Å². The smallest absolute Gasteiger partial charge is 0.431 e. The largest absolute Gasteiger partial charge is 0.511 e. The second-order valence-corrected chi connectivity index (χ2v) is 10.9. The molecule has 1 fully saturated rings. The van der Waals surface area contributed by atoms with Crippen molar-refractivity contribution in [2.75, 3.05) is 11.5 Å². The highest BCUT2D eigenvalue weighted by Gasteiger charge is 2.54. The highest BCUT2D eigenvalue weighted by Crippen LogP contribution is 2.41. The zero-order chi connectivity index (χ0) is 28.8. The van der Waals surface area contributed by atoms with Gasteiger partial charge in [0.1, 0.15) is 23.3 Å². The van der Waals surface area contributed by atoms with Crippen molar-refractivity contribution in [1.82, 2.24) is 24.8 Å². The zero-order valence-electron chi connectivity index (χ0n) is 21.2. The number of thiazole rings is 1. The number of nitrogen functional groups attached to an aromatic ring is 1. The molecule has 0 saturated carbocycles. The molecule has 2 amide bonds. The van der Waals surface area contributed by atoms with E-state index >= 15 is 0 Å². The molecule has 0 spiro atoms. The van der Waals surface area contributed by atoms with Crippen molar-refractivity contribution >= 4 is 76.0 Å². The number of esters is 1. The minimum atomic E-state index is -1.30. The first-order valence-electron chi connectivity index (χ1n) is 11.6. The molecule has 0 radical (unpaired) electrons. The Morgan fingerprint density at radius 3 is 2.67 bits per heavy atom. The first-order valence-corrected chi connectivity index (χ1v) is 14.3. The quantitative estimate of drug-likeness (QED) is 0.130. The number of carbonyl (C=O) groups is 4. The molecule has 2 aromatic rings. The number of anilines is 1. The molecule has 3 N–H and O–H groups in total. The van der Waals surface area contributed by atoms with E-state index in [9.17, 15) is 19.2 Å². The third kappa shape index (κ3) is 7.13. The fourth-order valence-corrected chi connectivity index (χ4v) is 5.61. The lowest BCUT2D eigenvalue weighted by Gasteiger charge is -2.49. The SMILES string of the molecule is CC(C)OC(=O)OC(C)OC(=O)C1=C(/C=C\c2csnn2)CSC2C(NC(=O)/C=N\Oc3csc(N)n3)C(=O)N12. The number of ether oxygens (including phenoxy) is 3. The van der Waals surface area contributed by atoms with Crippen molar-refractivity contribution < 1.29 is 38.2 Å². The molecule has 2 aliphatic rings. The Hall–Kier alpha value is -4.03. The number of fused-ring (bicyclic) bond motifs is 1. The third-order valence-electron chi connectivity index (χ3n) is 5.01. The summed E-state index contributed by atoms with van der Waals surface area (Å²) in [5.41, 5.74) is 6.48. The molecular formula is C22H23N7O8S3. The maximum Gasteiger partial charge on any atom is 0.511 e. The van der Waals surface area contributed by atoms with Gasteiger partial charge < -0.3 is 30.1 Å². The van der Waals surface area contributed by atoms with Crippen molar-refractivity contribution in [3.63, 3.8) is 0 Å². The van der Waals surface area contributed by atoms with Crippen molar-refractivity contribution in [3.05, 3.63) is 33.8 Å². The summed E-state index contributed by atoms with van der Waals surface area (Å²) >= 11 is 3.63. The number of carbonyl (C=O) groups excluding carboxylic acids is 4. The van der Waals surface area contributed by atoms with Crippen LogP contribution in [0.2, 0.25) is 0 Å². The van der Waals surface area contributed by atoms with E-state index in [2.05, 4.69) is 25.0 Å². The molecule has 0 aliphatic carbocycles. The maximum atomic E-state index is 13.2. The molecule has 0 bridgehead atoms. The number of aromatic nitrogens is 3. The molecule has 212 valence electrons. The third-order valence-corrected chi connectivity index (χ3v) is 7.48. The summed E-state index contributed by atoms with van der Waals surface area (Å²) in [5, 5.41) is 12.9. The highest BCUT2D eigenvalue weighted by atomic mass is 32.2. The summed E-state index contributed by atoms with van der Waals surface area (Å²) < 4.78 is 19.0. The van der Waals surface area contributed by atoms with Gasteiger partial charge in [-0.25, -0.2) is 9.59 Å². The summed E-state index contributed by atoms with van der Waals surface area (Å²) in [6, 6.07) is -0.940. The van der Waals surface area contributed by atoms with Crippen LogP contribution in [0.1, 0.15) is 26.5 Å². The van der Waals surface area contributed by atoms with E-state index in [1.54, 1.807) is 31.4 Å². The van der Waals surface area contributed by atoms with Gasteiger partial charge in [0.05, 0.1) is 17.2 Å².